The molecule has 3 nitrogen and oxygen atoms in total. The Kier molecular flexibility index (Phi) is 9.79. The predicted molar refractivity (Wildman–Crippen MR) is 175 cm³/mol. The molecule has 3 aromatic rings. The second kappa shape index (κ2) is 13.3. The highest BCUT2D eigenvalue weighted by molar-refractivity contribution is 5.66. The molecule has 0 amide bonds. The molecule has 0 spiro atoms. The fourth-order valence-corrected chi connectivity index (χ4v) is 5.72. The summed E-state index contributed by atoms with van der Waals surface area (Å²) in [6, 6.07) is 26.8. The van der Waals surface area contributed by atoms with Gasteiger partial charge in [-0.15, -0.1) is 0 Å². The van der Waals surface area contributed by atoms with Crippen LogP contribution >= 0.6 is 0 Å². The van der Waals surface area contributed by atoms with E-state index in [9.17, 15) is 0 Å². The van der Waals surface area contributed by atoms with Crippen molar-refractivity contribution >= 4 is 11.4 Å². The largest absolute Gasteiger partial charge is 0.385 e. The summed E-state index contributed by atoms with van der Waals surface area (Å²) in [5.41, 5.74) is 10.1. The third-order valence-corrected chi connectivity index (χ3v) is 7.94. The Morgan fingerprint density at radius 3 is 2.02 bits per heavy atom. The van der Waals surface area contributed by atoms with E-state index in [4.69, 9.17) is 0 Å². The summed E-state index contributed by atoms with van der Waals surface area (Å²) < 4.78 is 0. The lowest BCUT2D eigenvalue weighted by atomic mass is 9.86. The lowest BCUT2D eigenvalue weighted by Crippen LogP contribution is -2.27. The summed E-state index contributed by atoms with van der Waals surface area (Å²) in [5.74, 6) is 0.552. The lowest BCUT2D eigenvalue weighted by Gasteiger charge is -2.34. The first-order valence-electron chi connectivity index (χ1n) is 14.9. The first-order valence-corrected chi connectivity index (χ1v) is 14.9. The van der Waals surface area contributed by atoms with Crippen molar-refractivity contribution in [1.82, 2.24) is 5.32 Å². The fraction of sp³-hybridized carbons (Fsp3) is 0.405. The van der Waals surface area contributed by atoms with Crippen LogP contribution in [0.15, 0.2) is 97.3 Å². The molecule has 4 rings (SSSR count). The van der Waals surface area contributed by atoms with E-state index in [1.165, 1.54) is 71.4 Å². The smallest absolute Gasteiger partial charge is 0.0478 e. The number of hydrogen-bond acceptors (Lipinski definition) is 3. The molecule has 0 radical (unpaired) electrons. The molecule has 3 heteroatoms. The average Bonchev–Trinajstić information content (AvgIpc) is 2.94. The SMILES string of the molecule is C=C(CC(C)(C)C)NCc1cccc(N(Cc2ccc(-c3ccc(N(C)C)cc3)cc2)C(=C)C2CCCCC2)c1. The van der Waals surface area contributed by atoms with E-state index >= 15 is 0 Å². The zero-order valence-corrected chi connectivity index (χ0v) is 25.5. The highest BCUT2D eigenvalue weighted by Crippen LogP contribution is 2.35. The van der Waals surface area contributed by atoms with Crippen molar-refractivity contribution in [3.05, 3.63) is 108 Å². The van der Waals surface area contributed by atoms with Gasteiger partial charge in [0.05, 0.1) is 0 Å². The molecule has 212 valence electrons. The van der Waals surface area contributed by atoms with Gasteiger partial charge in [0.15, 0.2) is 0 Å². The van der Waals surface area contributed by atoms with Crippen molar-refractivity contribution < 1.29 is 0 Å². The van der Waals surface area contributed by atoms with Crippen LogP contribution in [0, 0.1) is 11.3 Å². The second-order valence-corrected chi connectivity index (χ2v) is 12.9. The van der Waals surface area contributed by atoms with E-state index < -0.39 is 0 Å². The topological polar surface area (TPSA) is 18.5 Å². The van der Waals surface area contributed by atoms with Crippen LogP contribution < -0.4 is 15.1 Å². The Bertz CT molecular complexity index is 1260. The van der Waals surface area contributed by atoms with Crippen LogP contribution in [0.3, 0.4) is 0 Å². The number of hydrogen-bond donors (Lipinski definition) is 1. The summed E-state index contributed by atoms with van der Waals surface area (Å²) in [7, 11) is 4.15. The Morgan fingerprint density at radius 2 is 1.43 bits per heavy atom. The van der Waals surface area contributed by atoms with Gasteiger partial charge in [0, 0.05) is 50.0 Å². The zero-order chi connectivity index (χ0) is 28.7. The van der Waals surface area contributed by atoms with Gasteiger partial charge >= 0.3 is 0 Å². The van der Waals surface area contributed by atoms with Crippen molar-refractivity contribution in [2.75, 3.05) is 23.9 Å². The highest BCUT2D eigenvalue weighted by Gasteiger charge is 2.22. The van der Waals surface area contributed by atoms with Crippen molar-refractivity contribution in [3.8, 4) is 11.1 Å². The maximum Gasteiger partial charge on any atom is 0.0478 e. The van der Waals surface area contributed by atoms with Gasteiger partial charge in [0.2, 0.25) is 0 Å². The van der Waals surface area contributed by atoms with Gasteiger partial charge < -0.3 is 15.1 Å². The van der Waals surface area contributed by atoms with Crippen molar-refractivity contribution in [2.45, 2.75) is 72.4 Å². The van der Waals surface area contributed by atoms with Gasteiger partial charge in [-0.25, -0.2) is 0 Å². The summed E-state index contributed by atoms with van der Waals surface area (Å²) in [4.78, 5) is 4.60. The van der Waals surface area contributed by atoms with E-state index in [1.54, 1.807) is 0 Å². The minimum Gasteiger partial charge on any atom is -0.385 e. The minimum absolute atomic E-state index is 0.228. The molecule has 1 saturated carbocycles. The van der Waals surface area contributed by atoms with Crippen molar-refractivity contribution in [3.63, 3.8) is 0 Å². The van der Waals surface area contributed by atoms with Gasteiger partial charge in [0.1, 0.15) is 0 Å². The molecule has 1 fully saturated rings. The van der Waals surface area contributed by atoms with E-state index in [0.717, 1.165) is 25.2 Å². The van der Waals surface area contributed by atoms with Crippen LogP contribution in [0.4, 0.5) is 11.4 Å². The third kappa shape index (κ3) is 8.27. The lowest BCUT2D eigenvalue weighted by molar-refractivity contribution is 0.395. The third-order valence-electron chi connectivity index (χ3n) is 7.94. The molecule has 0 atom stereocenters. The van der Waals surface area contributed by atoms with Crippen molar-refractivity contribution in [1.29, 1.82) is 0 Å². The molecular formula is C37H49N3. The standard InChI is InChI=1S/C37H49N3/c1-28(25-37(3,4)5)38-26-31-12-11-15-36(24-31)40(29(2)32-13-9-8-10-14-32)27-30-16-18-33(19-17-30)34-20-22-35(23-21-34)39(6)7/h11-12,15-24,32,38H,1-2,8-10,13-14,25-27H2,3-7H3. The molecule has 0 aliphatic heterocycles. The molecule has 0 aromatic heterocycles. The quantitative estimate of drug-likeness (QED) is 0.264. The van der Waals surface area contributed by atoms with Crippen LogP contribution in [0.2, 0.25) is 0 Å². The van der Waals surface area contributed by atoms with Crippen molar-refractivity contribution in [2.24, 2.45) is 11.3 Å². The summed E-state index contributed by atoms with van der Waals surface area (Å²) in [6.45, 7) is 17.3. The van der Waals surface area contributed by atoms with Crippen LogP contribution in [0.5, 0.6) is 0 Å². The number of allylic oxidation sites excluding steroid dienone is 2. The van der Waals surface area contributed by atoms with Gasteiger partial charge in [-0.05, 0) is 77.1 Å². The maximum atomic E-state index is 4.68. The average molecular weight is 536 g/mol. The second-order valence-electron chi connectivity index (χ2n) is 12.9. The molecule has 0 unspecified atom stereocenters. The fourth-order valence-electron chi connectivity index (χ4n) is 5.72. The molecule has 40 heavy (non-hydrogen) atoms. The molecular weight excluding hydrogens is 486 g/mol. The molecule has 0 heterocycles. The molecule has 0 bridgehead atoms. The highest BCUT2D eigenvalue weighted by atomic mass is 15.1. The van der Waals surface area contributed by atoms with Crippen LogP contribution in [-0.2, 0) is 13.1 Å². The van der Waals surface area contributed by atoms with Gasteiger partial charge in [-0.1, -0.05) is 102 Å². The Hall–Kier alpha value is -3.46. The summed E-state index contributed by atoms with van der Waals surface area (Å²) in [6.07, 6.45) is 7.40. The van der Waals surface area contributed by atoms with Crippen LogP contribution in [-0.4, -0.2) is 14.1 Å². The van der Waals surface area contributed by atoms with E-state index in [0.29, 0.717) is 5.92 Å². The summed E-state index contributed by atoms with van der Waals surface area (Å²) >= 11 is 0. The number of benzene rings is 3. The molecule has 1 N–H and O–H groups in total. The van der Waals surface area contributed by atoms with Crippen LogP contribution in [0.1, 0.15) is 70.4 Å². The Labute approximate surface area is 243 Å². The number of rotatable bonds is 11. The van der Waals surface area contributed by atoms with E-state index in [2.05, 4.69) is 136 Å². The molecule has 1 aliphatic rings. The Morgan fingerprint density at radius 1 is 0.800 bits per heavy atom. The molecule has 0 saturated heterocycles. The van der Waals surface area contributed by atoms with E-state index in [1.807, 2.05) is 0 Å². The van der Waals surface area contributed by atoms with Gasteiger partial charge in [-0.2, -0.15) is 0 Å². The zero-order valence-electron chi connectivity index (χ0n) is 25.5. The molecule has 1 aliphatic carbocycles. The van der Waals surface area contributed by atoms with Crippen LogP contribution in [0.25, 0.3) is 11.1 Å². The Balaban J connectivity index is 1.53. The van der Waals surface area contributed by atoms with Gasteiger partial charge in [0.25, 0.3) is 0 Å². The molecule has 3 aromatic carbocycles. The minimum atomic E-state index is 0.228. The van der Waals surface area contributed by atoms with E-state index in [-0.39, 0.29) is 5.41 Å². The predicted octanol–water partition coefficient (Wildman–Crippen LogP) is 9.56. The number of anilines is 2. The number of nitrogens with one attached hydrogen (secondary N) is 1. The first-order chi connectivity index (χ1) is 19.1. The maximum absolute atomic E-state index is 4.68. The van der Waals surface area contributed by atoms with Gasteiger partial charge in [-0.3, -0.25) is 0 Å². The normalized spacial score (nSPS) is 14.0. The monoisotopic (exact) mass is 535 g/mol. The summed E-state index contributed by atoms with van der Waals surface area (Å²) in [5, 5.41) is 3.56. The first kappa shape index (κ1) is 29.5. The number of nitrogens with zero attached hydrogens (tertiary/aromatic N) is 2.